The number of ether oxygens (including phenoxy) is 1. The fourth-order valence-corrected chi connectivity index (χ4v) is 3.14. The van der Waals surface area contributed by atoms with Gasteiger partial charge in [-0.1, -0.05) is 78.4 Å². The standard InChI is InChI=1S/C25H18O5/c1-16-11-13-17(14-12-16)22(26)23(18-7-3-2-4-8-18)30-25(28)20-15-19-9-5-6-10-21(19)29-24(20)27/h2-15,23H,1H3/t23-/m0/s1. The fourth-order valence-electron chi connectivity index (χ4n) is 3.14. The van der Waals surface area contributed by atoms with Gasteiger partial charge in [0.2, 0.25) is 5.78 Å². The first kappa shape index (κ1) is 19.3. The van der Waals surface area contributed by atoms with Crippen molar-refractivity contribution in [3.05, 3.63) is 118 Å². The van der Waals surface area contributed by atoms with Gasteiger partial charge in [-0.25, -0.2) is 9.59 Å². The van der Waals surface area contributed by atoms with Crippen LogP contribution in [0.5, 0.6) is 0 Å². The first-order valence-corrected chi connectivity index (χ1v) is 9.42. The van der Waals surface area contributed by atoms with E-state index < -0.39 is 17.7 Å². The van der Waals surface area contributed by atoms with Crippen LogP contribution in [0.1, 0.15) is 37.9 Å². The van der Waals surface area contributed by atoms with Gasteiger partial charge in [0.1, 0.15) is 11.1 Å². The molecular formula is C25H18O5. The molecule has 5 nitrogen and oxygen atoms in total. The molecule has 0 saturated heterocycles. The lowest BCUT2D eigenvalue weighted by atomic mass is 9.99. The van der Waals surface area contributed by atoms with Crippen LogP contribution in [0.25, 0.3) is 11.0 Å². The summed E-state index contributed by atoms with van der Waals surface area (Å²) in [6.07, 6.45) is -1.19. The van der Waals surface area contributed by atoms with Crippen LogP contribution in [0, 0.1) is 6.92 Å². The second kappa shape index (κ2) is 8.17. The molecule has 0 radical (unpaired) electrons. The Labute approximate surface area is 172 Å². The van der Waals surface area contributed by atoms with Gasteiger partial charge in [0.25, 0.3) is 0 Å². The highest BCUT2D eigenvalue weighted by atomic mass is 16.5. The highest BCUT2D eigenvalue weighted by molar-refractivity contribution is 6.02. The lowest BCUT2D eigenvalue weighted by Crippen LogP contribution is -2.23. The Balaban J connectivity index is 1.71. The molecule has 4 aromatic rings. The maximum Gasteiger partial charge on any atom is 0.351 e. The minimum Gasteiger partial charge on any atom is -0.445 e. The van der Waals surface area contributed by atoms with Gasteiger partial charge in [-0.05, 0) is 19.1 Å². The number of rotatable bonds is 5. The van der Waals surface area contributed by atoms with Gasteiger partial charge in [-0.3, -0.25) is 4.79 Å². The van der Waals surface area contributed by atoms with Crippen LogP contribution in [0.4, 0.5) is 0 Å². The average Bonchev–Trinajstić information content (AvgIpc) is 2.77. The minimum atomic E-state index is -1.19. The Kier molecular flexibility index (Phi) is 5.26. The number of fused-ring (bicyclic) bond motifs is 1. The number of benzene rings is 3. The normalized spacial score (nSPS) is 11.8. The summed E-state index contributed by atoms with van der Waals surface area (Å²) in [4.78, 5) is 38.3. The molecule has 3 aromatic carbocycles. The summed E-state index contributed by atoms with van der Waals surface area (Å²) in [6, 6.07) is 24.0. The molecule has 0 aliphatic carbocycles. The van der Waals surface area contributed by atoms with Crippen LogP contribution in [-0.4, -0.2) is 11.8 Å². The van der Waals surface area contributed by atoms with Gasteiger partial charge < -0.3 is 9.15 Å². The van der Waals surface area contributed by atoms with E-state index in [2.05, 4.69) is 0 Å². The van der Waals surface area contributed by atoms with Crippen LogP contribution in [0.3, 0.4) is 0 Å². The molecule has 0 amide bonds. The van der Waals surface area contributed by atoms with Crippen molar-refractivity contribution in [2.45, 2.75) is 13.0 Å². The summed E-state index contributed by atoms with van der Waals surface area (Å²) in [6.45, 7) is 1.92. The zero-order valence-electron chi connectivity index (χ0n) is 16.2. The van der Waals surface area contributed by atoms with Crippen molar-refractivity contribution < 1.29 is 18.7 Å². The Bertz CT molecular complexity index is 1270. The SMILES string of the molecule is Cc1ccc(C(=O)[C@@H](OC(=O)c2cc3ccccc3oc2=O)c2ccccc2)cc1. The smallest absolute Gasteiger partial charge is 0.351 e. The number of carbonyl (C=O) groups is 2. The number of hydrogen-bond donors (Lipinski definition) is 0. The van der Waals surface area contributed by atoms with E-state index in [0.29, 0.717) is 22.1 Å². The van der Waals surface area contributed by atoms with E-state index in [1.165, 1.54) is 6.07 Å². The molecule has 1 atom stereocenters. The Hall–Kier alpha value is -3.99. The molecule has 148 valence electrons. The van der Waals surface area contributed by atoms with Crippen molar-refractivity contribution in [1.29, 1.82) is 0 Å². The molecule has 1 aromatic heterocycles. The topological polar surface area (TPSA) is 73.6 Å². The summed E-state index contributed by atoms with van der Waals surface area (Å²) in [5.74, 6) is -1.29. The number of esters is 1. The van der Waals surface area contributed by atoms with Crippen LogP contribution >= 0.6 is 0 Å². The fraction of sp³-hybridized carbons (Fsp3) is 0.0800. The van der Waals surface area contributed by atoms with E-state index in [0.717, 1.165) is 5.56 Å². The molecule has 0 fully saturated rings. The molecule has 5 heteroatoms. The number of para-hydroxylation sites is 1. The van der Waals surface area contributed by atoms with Gasteiger partial charge in [-0.15, -0.1) is 0 Å². The Morgan fingerprint density at radius 1 is 0.867 bits per heavy atom. The zero-order chi connectivity index (χ0) is 21.1. The van der Waals surface area contributed by atoms with Crippen molar-refractivity contribution >= 4 is 22.7 Å². The second-order valence-electron chi connectivity index (χ2n) is 6.91. The molecule has 30 heavy (non-hydrogen) atoms. The molecule has 0 N–H and O–H groups in total. The molecule has 4 rings (SSSR count). The van der Waals surface area contributed by atoms with Crippen molar-refractivity contribution in [3.8, 4) is 0 Å². The van der Waals surface area contributed by atoms with Crippen LogP contribution in [-0.2, 0) is 4.74 Å². The third-order valence-electron chi connectivity index (χ3n) is 4.76. The third kappa shape index (κ3) is 3.91. The van der Waals surface area contributed by atoms with E-state index in [4.69, 9.17) is 9.15 Å². The Morgan fingerprint density at radius 3 is 2.27 bits per heavy atom. The van der Waals surface area contributed by atoms with E-state index in [1.807, 2.05) is 19.1 Å². The molecule has 0 bridgehead atoms. The number of Topliss-reactive ketones (excluding diaryl/α,β-unsaturated/α-hetero) is 1. The molecule has 0 spiro atoms. The lowest BCUT2D eigenvalue weighted by molar-refractivity contribution is 0.0276. The van der Waals surface area contributed by atoms with Crippen LogP contribution < -0.4 is 5.63 Å². The van der Waals surface area contributed by atoms with Gasteiger partial charge in [0.15, 0.2) is 6.10 Å². The van der Waals surface area contributed by atoms with E-state index in [-0.39, 0.29) is 11.3 Å². The summed E-state index contributed by atoms with van der Waals surface area (Å²) >= 11 is 0. The largest absolute Gasteiger partial charge is 0.445 e. The average molecular weight is 398 g/mol. The molecule has 1 heterocycles. The van der Waals surface area contributed by atoms with Crippen LogP contribution in [0.2, 0.25) is 0 Å². The zero-order valence-corrected chi connectivity index (χ0v) is 16.2. The number of ketones is 1. The minimum absolute atomic E-state index is 0.258. The van der Waals surface area contributed by atoms with Crippen molar-refractivity contribution in [1.82, 2.24) is 0 Å². The number of carbonyl (C=O) groups excluding carboxylic acids is 2. The van der Waals surface area contributed by atoms with Crippen molar-refractivity contribution in [3.63, 3.8) is 0 Å². The first-order valence-electron chi connectivity index (χ1n) is 9.42. The monoisotopic (exact) mass is 398 g/mol. The summed E-state index contributed by atoms with van der Waals surface area (Å²) < 4.78 is 10.8. The van der Waals surface area contributed by atoms with Crippen LogP contribution in [0.15, 0.2) is 94.1 Å². The summed E-state index contributed by atoms with van der Waals surface area (Å²) in [5.41, 5.74) is 1.23. The molecule has 0 saturated carbocycles. The van der Waals surface area contributed by atoms with Gasteiger partial charge in [0, 0.05) is 16.5 Å². The van der Waals surface area contributed by atoms with Gasteiger partial charge in [0.05, 0.1) is 0 Å². The maximum atomic E-state index is 13.1. The lowest BCUT2D eigenvalue weighted by Gasteiger charge is -2.17. The summed E-state index contributed by atoms with van der Waals surface area (Å²) in [7, 11) is 0. The first-order chi connectivity index (χ1) is 14.5. The quantitative estimate of drug-likeness (QED) is 0.272. The molecular weight excluding hydrogens is 380 g/mol. The van der Waals surface area contributed by atoms with E-state index >= 15 is 0 Å². The highest BCUT2D eigenvalue weighted by Crippen LogP contribution is 2.24. The van der Waals surface area contributed by atoms with E-state index in [1.54, 1.807) is 66.7 Å². The predicted molar refractivity (Wildman–Crippen MR) is 113 cm³/mol. The summed E-state index contributed by atoms with van der Waals surface area (Å²) in [5, 5.41) is 0.588. The van der Waals surface area contributed by atoms with E-state index in [9.17, 15) is 14.4 Å². The Morgan fingerprint density at radius 2 is 1.53 bits per heavy atom. The molecule has 0 aliphatic heterocycles. The van der Waals surface area contributed by atoms with Gasteiger partial charge >= 0.3 is 11.6 Å². The molecule has 0 aliphatic rings. The third-order valence-corrected chi connectivity index (χ3v) is 4.76. The van der Waals surface area contributed by atoms with Crippen molar-refractivity contribution in [2.75, 3.05) is 0 Å². The van der Waals surface area contributed by atoms with Crippen molar-refractivity contribution in [2.24, 2.45) is 0 Å². The molecule has 0 unspecified atom stereocenters. The highest BCUT2D eigenvalue weighted by Gasteiger charge is 2.28. The maximum absolute atomic E-state index is 13.1. The second-order valence-corrected chi connectivity index (χ2v) is 6.91. The predicted octanol–water partition coefficient (Wildman–Crippen LogP) is 4.88. The number of aryl methyl sites for hydroxylation is 1. The number of hydrogen-bond acceptors (Lipinski definition) is 5. The van der Waals surface area contributed by atoms with Gasteiger partial charge in [-0.2, -0.15) is 0 Å².